The van der Waals surface area contributed by atoms with Crippen LogP contribution in [0.15, 0.2) is 42.9 Å². The standard InChI is InChI=1S/C24H31F3N6O/c1-30(2)23(19-4-3-5-20(16-19)24(25,26)27)6-10-33(11-7-23)22(34)18-31-12-14-32(15-13-31)21-17-28-8-9-29-21/h3-5,8-9,16-17H,6-7,10-15,18H2,1-2H3. The van der Waals surface area contributed by atoms with Gasteiger partial charge in [0.05, 0.1) is 18.3 Å². The molecule has 0 N–H and O–H groups in total. The van der Waals surface area contributed by atoms with Crippen molar-refractivity contribution in [1.82, 2.24) is 24.7 Å². The number of piperidine rings is 1. The average molecular weight is 477 g/mol. The first-order chi connectivity index (χ1) is 16.2. The van der Waals surface area contributed by atoms with Gasteiger partial charge in [-0.15, -0.1) is 0 Å². The average Bonchev–Trinajstić information content (AvgIpc) is 2.84. The van der Waals surface area contributed by atoms with Gasteiger partial charge in [-0.2, -0.15) is 13.2 Å². The van der Waals surface area contributed by atoms with Gasteiger partial charge in [0.1, 0.15) is 5.82 Å². The van der Waals surface area contributed by atoms with Crippen molar-refractivity contribution in [3.8, 4) is 0 Å². The Hall–Kier alpha value is -2.72. The van der Waals surface area contributed by atoms with Gasteiger partial charge in [-0.3, -0.25) is 19.6 Å². The summed E-state index contributed by atoms with van der Waals surface area (Å²) in [4.78, 5) is 29.6. The van der Waals surface area contributed by atoms with Crippen LogP contribution in [0.4, 0.5) is 19.0 Å². The molecule has 2 aromatic rings. The summed E-state index contributed by atoms with van der Waals surface area (Å²) < 4.78 is 39.9. The first-order valence-electron chi connectivity index (χ1n) is 11.6. The van der Waals surface area contributed by atoms with Crippen molar-refractivity contribution < 1.29 is 18.0 Å². The number of carbonyl (C=O) groups is 1. The number of benzene rings is 1. The zero-order valence-corrected chi connectivity index (χ0v) is 19.6. The van der Waals surface area contributed by atoms with Crippen molar-refractivity contribution in [3.05, 3.63) is 54.0 Å². The normalized spacial score (nSPS) is 19.5. The molecule has 3 heterocycles. The molecule has 0 radical (unpaired) electrons. The van der Waals surface area contributed by atoms with Crippen molar-refractivity contribution >= 4 is 11.7 Å². The molecule has 1 amide bonds. The van der Waals surface area contributed by atoms with Gasteiger partial charge in [-0.25, -0.2) is 4.98 Å². The largest absolute Gasteiger partial charge is 0.416 e. The Morgan fingerprint density at radius 2 is 1.76 bits per heavy atom. The minimum Gasteiger partial charge on any atom is -0.353 e. The zero-order valence-electron chi connectivity index (χ0n) is 19.6. The van der Waals surface area contributed by atoms with E-state index in [1.807, 2.05) is 23.9 Å². The maximum absolute atomic E-state index is 13.3. The number of anilines is 1. The summed E-state index contributed by atoms with van der Waals surface area (Å²) in [6, 6.07) is 5.61. The highest BCUT2D eigenvalue weighted by atomic mass is 19.4. The smallest absolute Gasteiger partial charge is 0.353 e. The molecule has 0 atom stereocenters. The number of amides is 1. The maximum atomic E-state index is 13.3. The highest BCUT2D eigenvalue weighted by Crippen LogP contribution is 2.40. The Morgan fingerprint density at radius 3 is 2.35 bits per heavy atom. The number of nitrogens with zero attached hydrogens (tertiary/aromatic N) is 6. The fourth-order valence-corrected chi connectivity index (χ4v) is 4.99. The molecule has 7 nitrogen and oxygen atoms in total. The third kappa shape index (κ3) is 5.17. The number of alkyl halides is 3. The quantitative estimate of drug-likeness (QED) is 0.662. The van der Waals surface area contributed by atoms with Gasteiger partial charge >= 0.3 is 6.18 Å². The highest BCUT2D eigenvalue weighted by molar-refractivity contribution is 5.78. The Kier molecular flexibility index (Phi) is 7.09. The number of rotatable bonds is 5. The molecular weight excluding hydrogens is 445 g/mol. The van der Waals surface area contributed by atoms with Crippen molar-refractivity contribution in [2.24, 2.45) is 0 Å². The number of hydrogen-bond acceptors (Lipinski definition) is 6. The molecule has 0 bridgehead atoms. The number of piperazine rings is 1. The molecule has 2 aliphatic heterocycles. The van der Waals surface area contributed by atoms with E-state index in [0.29, 0.717) is 38.0 Å². The van der Waals surface area contributed by atoms with Crippen molar-refractivity contribution in [2.45, 2.75) is 24.6 Å². The van der Waals surface area contributed by atoms with Gasteiger partial charge in [0.2, 0.25) is 5.91 Å². The van der Waals surface area contributed by atoms with E-state index in [1.165, 1.54) is 12.1 Å². The summed E-state index contributed by atoms with van der Waals surface area (Å²) in [5.74, 6) is 0.920. The molecule has 4 rings (SSSR count). The summed E-state index contributed by atoms with van der Waals surface area (Å²) in [6.07, 6.45) is 1.87. The molecule has 10 heteroatoms. The fourth-order valence-electron chi connectivity index (χ4n) is 4.99. The lowest BCUT2D eigenvalue weighted by Crippen LogP contribution is -2.54. The summed E-state index contributed by atoms with van der Waals surface area (Å²) >= 11 is 0. The van der Waals surface area contributed by atoms with E-state index in [4.69, 9.17) is 0 Å². The Bertz CT molecular complexity index is 968. The van der Waals surface area contributed by atoms with Gasteiger partial charge in [-0.05, 0) is 44.6 Å². The van der Waals surface area contributed by atoms with E-state index < -0.39 is 17.3 Å². The van der Waals surface area contributed by atoms with Crippen LogP contribution in [0, 0.1) is 0 Å². The summed E-state index contributed by atoms with van der Waals surface area (Å²) in [5, 5.41) is 0. The van der Waals surface area contributed by atoms with Crippen LogP contribution < -0.4 is 4.90 Å². The van der Waals surface area contributed by atoms with Crippen LogP contribution in [0.2, 0.25) is 0 Å². The number of aromatic nitrogens is 2. The van der Waals surface area contributed by atoms with Crippen LogP contribution in [0.1, 0.15) is 24.0 Å². The molecule has 0 aliphatic carbocycles. The topological polar surface area (TPSA) is 55.8 Å². The third-order valence-electron chi connectivity index (χ3n) is 7.13. The van der Waals surface area contributed by atoms with Crippen LogP contribution in [0.25, 0.3) is 0 Å². The molecule has 1 aromatic carbocycles. The van der Waals surface area contributed by atoms with Crippen LogP contribution >= 0.6 is 0 Å². The number of likely N-dealkylation sites (tertiary alicyclic amines) is 1. The number of carbonyl (C=O) groups excluding carboxylic acids is 1. The minimum atomic E-state index is -4.38. The SMILES string of the molecule is CN(C)C1(c2cccc(C(F)(F)F)c2)CCN(C(=O)CN2CCN(c3cnccn3)CC2)CC1. The van der Waals surface area contributed by atoms with Crippen LogP contribution in [-0.2, 0) is 16.5 Å². The second kappa shape index (κ2) is 9.87. The predicted octanol–water partition coefficient (Wildman–Crippen LogP) is 2.70. The van der Waals surface area contributed by atoms with Crippen LogP contribution in [-0.4, -0.2) is 90.5 Å². The molecule has 2 aliphatic rings. The molecule has 184 valence electrons. The lowest BCUT2D eigenvalue weighted by Gasteiger charge is -2.47. The van der Waals surface area contributed by atoms with E-state index >= 15 is 0 Å². The molecule has 34 heavy (non-hydrogen) atoms. The summed E-state index contributed by atoms with van der Waals surface area (Å²) in [7, 11) is 3.79. The zero-order chi connectivity index (χ0) is 24.3. The first kappa shape index (κ1) is 24.4. The molecular formula is C24H31F3N6O. The molecule has 2 fully saturated rings. The Balaban J connectivity index is 1.35. The van der Waals surface area contributed by atoms with Crippen molar-refractivity contribution in [2.75, 3.05) is 64.8 Å². The third-order valence-corrected chi connectivity index (χ3v) is 7.13. The Labute approximate surface area is 198 Å². The van der Waals surface area contributed by atoms with E-state index in [9.17, 15) is 18.0 Å². The van der Waals surface area contributed by atoms with Gasteiger partial charge in [-0.1, -0.05) is 12.1 Å². The van der Waals surface area contributed by atoms with E-state index in [-0.39, 0.29) is 5.91 Å². The second-order valence-electron chi connectivity index (χ2n) is 9.21. The van der Waals surface area contributed by atoms with Gasteiger partial charge < -0.3 is 9.80 Å². The summed E-state index contributed by atoms with van der Waals surface area (Å²) in [6.45, 7) is 4.49. The van der Waals surface area contributed by atoms with Crippen LogP contribution in [0.3, 0.4) is 0 Å². The molecule has 0 saturated carbocycles. The maximum Gasteiger partial charge on any atom is 0.416 e. The van der Waals surface area contributed by atoms with Crippen molar-refractivity contribution in [3.63, 3.8) is 0 Å². The van der Waals surface area contributed by atoms with Gasteiger partial charge in [0.25, 0.3) is 0 Å². The highest BCUT2D eigenvalue weighted by Gasteiger charge is 2.41. The predicted molar refractivity (Wildman–Crippen MR) is 123 cm³/mol. The van der Waals surface area contributed by atoms with E-state index in [0.717, 1.165) is 38.1 Å². The number of halogens is 3. The van der Waals surface area contributed by atoms with Crippen LogP contribution in [0.5, 0.6) is 0 Å². The lowest BCUT2D eigenvalue weighted by atomic mass is 9.79. The van der Waals surface area contributed by atoms with Crippen molar-refractivity contribution in [1.29, 1.82) is 0 Å². The van der Waals surface area contributed by atoms with E-state index in [1.54, 1.807) is 24.7 Å². The van der Waals surface area contributed by atoms with Gasteiger partial charge in [0, 0.05) is 57.2 Å². The monoisotopic (exact) mass is 476 g/mol. The minimum absolute atomic E-state index is 0.0735. The summed E-state index contributed by atoms with van der Waals surface area (Å²) in [5.41, 5.74) is -0.509. The van der Waals surface area contributed by atoms with E-state index in [2.05, 4.69) is 19.8 Å². The second-order valence-corrected chi connectivity index (χ2v) is 9.21. The Morgan fingerprint density at radius 1 is 1.06 bits per heavy atom. The fraction of sp³-hybridized carbons (Fsp3) is 0.542. The van der Waals surface area contributed by atoms with Gasteiger partial charge in [0.15, 0.2) is 0 Å². The molecule has 2 saturated heterocycles. The first-order valence-corrected chi connectivity index (χ1v) is 11.6. The molecule has 0 spiro atoms. The molecule has 1 aromatic heterocycles. The molecule has 0 unspecified atom stereocenters. The lowest BCUT2D eigenvalue weighted by molar-refractivity contribution is -0.137. The number of hydrogen-bond donors (Lipinski definition) is 0.